The molecule has 0 saturated carbocycles. The molecule has 0 aliphatic carbocycles. The number of allylic oxidation sites excluding steroid dienone is 1. The van der Waals surface area contributed by atoms with Gasteiger partial charge in [0.15, 0.2) is 6.79 Å². The maximum absolute atomic E-state index is 12.3. The van der Waals surface area contributed by atoms with Crippen molar-refractivity contribution in [2.24, 2.45) is 0 Å². The van der Waals surface area contributed by atoms with Gasteiger partial charge in [0.2, 0.25) is 0 Å². The second-order valence-corrected chi connectivity index (χ2v) is 9.44. The van der Waals surface area contributed by atoms with Gasteiger partial charge in [-0.25, -0.2) is 14.7 Å². The predicted octanol–water partition coefficient (Wildman–Crippen LogP) is 5.41. The van der Waals surface area contributed by atoms with E-state index in [0.717, 1.165) is 20.1 Å². The second kappa shape index (κ2) is 11.6. The van der Waals surface area contributed by atoms with Crippen molar-refractivity contribution in [1.82, 2.24) is 9.97 Å². The smallest absolute Gasteiger partial charge is 0.417 e. The van der Waals surface area contributed by atoms with Gasteiger partial charge in [0.25, 0.3) is 5.82 Å². The summed E-state index contributed by atoms with van der Waals surface area (Å²) >= 11 is 1.46. The van der Waals surface area contributed by atoms with Crippen LogP contribution in [-0.2, 0) is 9.47 Å². The molecule has 3 aromatic rings. The average Bonchev–Trinajstić information content (AvgIpc) is 3.22. The van der Waals surface area contributed by atoms with Gasteiger partial charge in [-0.1, -0.05) is 11.8 Å². The highest BCUT2D eigenvalue weighted by molar-refractivity contribution is 7.19. The number of hydrogen-bond donors (Lipinski definition) is 0. The Bertz CT molecular complexity index is 1350. The third-order valence-electron chi connectivity index (χ3n) is 4.45. The van der Waals surface area contributed by atoms with Gasteiger partial charge in [0.05, 0.1) is 10.2 Å². The topological polar surface area (TPSA) is 117 Å². The highest BCUT2D eigenvalue weighted by Gasteiger charge is 2.25. The van der Waals surface area contributed by atoms with Crippen molar-refractivity contribution >= 4 is 45.4 Å². The van der Waals surface area contributed by atoms with Crippen LogP contribution in [0, 0.1) is 22.0 Å². The van der Waals surface area contributed by atoms with Gasteiger partial charge < -0.3 is 24.3 Å². The van der Waals surface area contributed by atoms with Crippen LogP contribution >= 0.6 is 11.3 Å². The van der Waals surface area contributed by atoms with Gasteiger partial charge in [0, 0.05) is 19.7 Å². The SMILES string of the molecule is CCOCOc1ccc2nc(C=CC#Cc3ccc(N(C)C(=O)OC(C)(C)C)nc3[N+](=O)[O-])sc2c1. The number of rotatable bonds is 7. The molecule has 0 fully saturated rings. The molecule has 0 radical (unpaired) electrons. The van der Waals surface area contributed by atoms with Gasteiger partial charge in [0.1, 0.15) is 21.9 Å². The highest BCUT2D eigenvalue weighted by Crippen LogP contribution is 2.27. The van der Waals surface area contributed by atoms with Crippen molar-refractivity contribution in [3.8, 4) is 17.6 Å². The van der Waals surface area contributed by atoms with Gasteiger partial charge >= 0.3 is 11.9 Å². The number of nitrogens with zero attached hydrogens (tertiary/aromatic N) is 4. The average molecular weight is 511 g/mol. The van der Waals surface area contributed by atoms with Crippen LogP contribution in [0.4, 0.5) is 16.4 Å². The van der Waals surface area contributed by atoms with E-state index in [9.17, 15) is 14.9 Å². The van der Waals surface area contributed by atoms with Crippen LogP contribution in [0.1, 0.15) is 38.3 Å². The summed E-state index contributed by atoms with van der Waals surface area (Å²) in [7, 11) is 1.43. The number of amides is 1. The summed E-state index contributed by atoms with van der Waals surface area (Å²) < 4.78 is 16.9. The molecule has 0 atom stereocenters. The number of benzene rings is 1. The zero-order chi connectivity index (χ0) is 26.3. The summed E-state index contributed by atoms with van der Waals surface area (Å²) in [6.45, 7) is 7.83. The molecule has 0 aliphatic rings. The Morgan fingerprint density at radius 3 is 2.72 bits per heavy atom. The molecule has 36 heavy (non-hydrogen) atoms. The molecule has 1 amide bonds. The Hall–Kier alpha value is -4.01. The lowest BCUT2D eigenvalue weighted by molar-refractivity contribution is -0.389. The summed E-state index contributed by atoms with van der Waals surface area (Å²) in [4.78, 5) is 32.8. The number of carbonyl (C=O) groups is 1. The largest absolute Gasteiger partial charge is 0.468 e. The molecular weight excluding hydrogens is 484 g/mol. The standard InChI is InChI=1S/C25H26N4O6S/c1-6-33-16-34-18-12-13-19-20(15-18)36-22(26-19)10-8-7-9-17-11-14-21(27-23(17)29(31)32)28(5)24(30)35-25(2,3)4/h8,10-15H,6,16H2,1-5H3. The minimum Gasteiger partial charge on any atom is -0.468 e. The van der Waals surface area contributed by atoms with E-state index in [2.05, 4.69) is 21.8 Å². The van der Waals surface area contributed by atoms with Crippen molar-refractivity contribution in [3.63, 3.8) is 0 Å². The number of hydrogen-bond acceptors (Lipinski definition) is 9. The molecule has 2 heterocycles. The molecule has 2 aromatic heterocycles. The fourth-order valence-electron chi connectivity index (χ4n) is 2.80. The minimum absolute atomic E-state index is 0.0797. The van der Waals surface area contributed by atoms with Crippen LogP contribution in [0.2, 0.25) is 0 Å². The molecule has 0 spiro atoms. The molecule has 0 unspecified atom stereocenters. The lowest BCUT2D eigenvalue weighted by Crippen LogP contribution is -2.34. The number of nitro groups is 1. The fourth-order valence-corrected chi connectivity index (χ4v) is 3.69. The summed E-state index contributed by atoms with van der Waals surface area (Å²) in [5.41, 5.74) is 0.227. The van der Waals surface area contributed by atoms with Crippen molar-refractivity contribution in [1.29, 1.82) is 0 Å². The Morgan fingerprint density at radius 2 is 2.03 bits per heavy atom. The molecule has 1 aromatic carbocycles. The van der Waals surface area contributed by atoms with Crippen LogP contribution < -0.4 is 9.64 Å². The van der Waals surface area contributed by atoms with Crippen molar-refractivity contribution in [3.05, 3.63) is 57.1 Å². The molecular formula is C25H26N4O6S. The maximum Gasteiger partial charge on any atom is 0.417 e. The zero-order valence-corrected chi connectivity index (χ0v) is 21.4. The number of aromatic nitrogens is 2. The summed E-state index contributed by atoms with van der Waals surface area (Å²) in [6, 6.07) is 8.50. The summed E-state index contributed by atoms with van der Waals surface area (Å²) in [5.74, 6) is 5.84. The number of thiazole rings is 1. The first-order chi connectivity index (χ1) is 17.1. The third-order valence-corrected chi connectivity index (χ3v) is 5.43. The molecule has 10 nitrogen and oxygen atoms in total. The van der Waals surface area contributed by atoms with Crippen LogP contribution in [-0.4, -0.2) is 47.0 Å². The van der Waals surface area contributed by atoms with Crippen LogP contribution in [0.15, 0.2) is 36.4 Å². The van der Waals surface area contributed by atoms with Gasteiger partial charge in [-0.2, -0.15) is 0 Å². The third kappa shape index (κ3) is 7.24. The molecule has 0 saturated heterocycles. The molecule has 11 heteroatoms. The highest BCUT2D eigenvalue weighted by atomic mass is 32.1. The van der Waals surface area contributed by atoms with Gasteiger partial charge in [-0.3, -0.25) is 0 Å². The van der Waals surface area contributed by atoms with E-state index in [1.54, 1.807) is 32.9 Å². The fraction of sp³-hybridized carbons (Fsp3) is 0.320. The lowest BCUT2D eigenvalue weighted by Gasteiger charge is -2.22. The maximum atomic E-state index is 12.3. The van der Waals surface area contributed by atoms with Gasteiger partial charge in [-0.15, -0.1) is 11.3 Å². The first-order valence-electron chi connectivity index (χ1n) is 11.0. The van der Waals surface area contributed by atoms with E-state index in [4.69, 9.17) is 14.2 Å². The van der Waals surface area contributed by atoms with Gasteiger partial charge in [-0.05, 0) is 74.0 Å². The van der Waals surface area contributed by atoms with E-state index in [0.29, 0.717) is 12.4 Å². The predicted molar refractivity (Wildman–Crippen MR) is 138 cm³/mol. The van der Waals surface area contributed by atoms with E-state index in [-0.39, 0.29) is 18.2 Å². The van der Waals surface area contributed by atoms with Crippen LogP contribution in [0.3, 0.4) is 0 Å². The molecule has 188 valence electrons. The number of carbonyl (C=O) groups excluding carboxylic acids is 1. The Morgan fingerprint density at radius 1 is 1.25 bits per heavy atom. The number of pyridine rings is 1. The van der Waals surface area contributed by atoms with Crippen molar-refractivity contribution in [2.45, 2.75) is 33.3 Å². The number of ether oxygens (including phenoxy) is 3. The van der Waals surface area contributed by atoms with Crippen LogP contribution in [0.25, 0.3) is 16.3 Å². The van der Waals surface area contributed by atoms with E-state index in [1.807, 2.05) is 25.1 Å². The molecule has 0 bridgehead atoms. The summed E-state index contributed by atoms with van der Waals surface area (Å²) in [5, 5.41) is 12.3. The van der Waals surface area contributed by atoms with E-state index < -0.39 is 22.4 Å². The molecule has 3 rings (SSSR count). The molecule has 0 aliphatic heterocycles. The Labute approximate surface area is 212 Å². The Kier molecular flexibility index (Phi) is 8.58. The Balaban J connectivity index is 1.75. The quantitative estimate of drug-likeness (QED) is 0.136. The lowest BCUT2D eigenvalue weighted by atomic mass is 10.2. The van der Waals surface area contributed by atoms with Crippen LogP contribution in [0.5, 0.6) is 5.75 Å². The number of fused-ring (bicyclic) bond motifs is 1. The summed E-state index contributed by atoms with van der Waals surface area (Å²) in [6.07, 6.45) is 2.62. The van der Waals surface area contributed by atoms with E-state index >= 15 is 0 Å². The second-order valence-electron chi connectivity index (χ2n) is 8.38. The first-order valence-corrected chi connectivity index (χ1v) is 11.8. The first kappa shape index (κ1) is 26.6. The van der Waals surface area contributed by atoms with Crippen molar-refractivity contribution < 1.29 is 23.9 Å². The molecule has 0 N–H and O–H groups in total. The minimum atomic E-state index is -0.710. The van der Waals surface area contributed by atoms with E-state index in [1.165, 1.54) is 30.5 Å². The monoisotopic (exact) mass is 510 g/mol. The number of anilines is 1. The zero-order valence-electron chi connectivity index (χ0n) is 20.6. The normalized spacial score (nSPS) is 11.2. The van der Waals surface area contributed by atoms with Crippen molar-refractivity contribution in [2.75, 3.05) is 25.3 Å².